The summed E-state index contributed by atoms with van der Waals surface area (Å²) in [4.78, 5) is 0. The summed E-state index contributed by atoms with van der Waals surface area (Å²) in [5.74, 6) is 4.76. The fourth-order valence-electron chi connectivity index (χ4n) is 8.29. The second-order valence-corrected chi connectivity index (χ2v) is 14.1. The number of hydrogen-bond donors (Lipinski definition) is 2. The predicted molar refractivity (Wildman–Crippen MR) is 176 cm³/mol. The molecular formula is C33H59IO3S. The van der Waals surface area contributed by atoms with Crippen molar-refractivity contribution in [3.8, 4) is 0 Å². The third-order valence-electron chi connectivity index (χ3n) is 10.3. The van der Waals surface area contributed by atoms with E-state index in [9.17, 15) is 0 Å². The molecule has 3 saturated carbocycles. The number of fused-ring (bicyclic) bond motifs is 5. The zero-order valence-corrected chi connectivity index (χ0v) is 27.1. The molecule has 222 valence electrons. The van der Waals surface area contributed by atoms with Crippen molar-refractivity contribution in [3.05, 3.63) is 37.0 Å². The lowest BCUT2D eigenvalue weighted by molar-refractivity contribution is -0.0483. The quantitative estimate of drug-likeness (QED) is 0.0849. The Morgan fingerprint density at radius 2 is 1.74 bits per heavy atom. The first kappa shape index (κ1) is 36.2. The summed E-state index contributed by atoms with van der Waals surface area (Å²) < 4.78 is 5.94. The molecular weight excluding hydrogens is 603 g/mol. The lowest BCUT2D eigenvalue weighted by Crippen LogP contribution is -2.50. The van der Waals surface area contributed by atoms with Crippen molar-refractivity contribution in [2.24, 2.45) is 40.4 Å². The fourth-order valence-corrected chi connectivity index (χ4v) is 9.44. The molecule has 0 aromatic carbocycles. The fraction of sp³-hybridized carbons (Fsp3) is 0.818. The molecule has 3 fully saturated rings. The minimum atomic E-state index is -0.125. The summed E-state index contributed by atoms with van der Waals surface area (Å²) in [6.45, 7) is 16.6. The lowest BCUT2D eigenvalue weighted by Gasteiger charge is -2.58. The number of halogens is 1. The Morgan fingerprint density at radius 1 is 1.05 bits per heavy atom. The molecule has 4 rings (SSSR count). The highest BCUT2D eigenvalue weighted by Crippen LogP contribution is 2.66. The van der Waals surface area contributed by atoms with Gasteiger partial charge in [0, 0.05) is 21.2 Å². The van der Waals surface area contributed by atoms with E-state index in [1.54, 1.807) is 17.7 Å². The van der Waals surface area contributed by atoms with E-state index in [0.29, 0.717) is 16.9 Å². The molecule has 0 amide bonds. The van der Waals surface area contributed by atoms with Crippen LogP contribution in [-0.2, 0) is 4.18 Å². The average Bonchev–Trinajstić information content (AvgIpc) is 3.23. The van der Waals surface area contributed by atoms with E-state index in [1.807, 2.05) is 0 Å². The first-order valence-corrected chi connectivity index (χ1v) is 18.1. The highest BCUT2D eigenvalue weighted by molar-refractivity contribution is 14.2. The molecule has 0 aliphatic heterocycles. The Kier molecular flexibility index (Phi) is 17.0. The second kappa shape index (κ2) is 17.9. The van der Waals surface area contributed by atoms with Crippen molar-refractivity contribution < 1.29 is 14.4 Å². The molecule has 4 aliphatic rings. The Hall–Kier alpha value is 0.180. The first-order valence-electron chi connectivity index (χ1n) is 14.8. The van der Waals surface area contributed by atoms with E-state index < -0.39 is 0 Å². The van der Waals surface area contributed by atoms with Crippen LogP contribution in [0.15, 0.2) is 37.0 Å². The number of rotatable bonds is 9. The van der Waals surface area contributed by atoms with E-state index in [0.717, 1.165) is 29.6 Å². The van der Waals surface area contributed by atoms with Crippen LogP contribution in [0.25, 0.3) is 0 Å². The zero-order chi connectivity index (χ0) is 27.5. The van der Waals surface area contributed by atoms with E-state index in [4.69, 9.17) is 14.4 Å². The van der Waals surface area contributed by atoms with Crippen molar-refractivity contribution in [2.45, 2.75) is 118 Å². The van der Waals surface area contributed by atoms with Gasteiger partial charge in [-0.15, -0.1) is 0 Å². The molecule has 2 N–H and O–H groups in total. The maximum absolute atomic E-state index is 7.62. The summed E-state index contributed by atoms with van der Waals surface area (Å²) >= 11 is 2.28. The van der Waals surface area contributed by atoms with Gasteiger partial charge in [0.1, 0.15) is 0 Å². The molecule has 7 unspecified atom stereocenters. The van der Waals surface area contributed by atoms with Crippen LogP contribution in [0.3, 0.4) is 0 Å². The van der Waals surface area contributed by atoms with Gasteiger partial charge in [0.05, 0.1) is 28.5 Å². The van der Waals surface area contributed by atoms with Gasteiger partial charge in [0.15, 0.2) is 0 Å². The van der Waals surface area contributed by atoms with Crippen LogP contribution in [-0.4, -0.2) is 29.5 Å². The topological polar surface area (TPSA) is 49.7 Å². The number of aliphatic hydroxyl groups excluding tert-OH is 2. The molecule has 0 aromatic rings. The van der Waals surface area contributed by atoms with Gasteiger partial charge in [-0.2, -0.15) is 0 Å². The highest BCUT2D eigenvalue weighted by atomic mass is 127. The molecule has 0 aromatic heterocycles. The van der Waals surface area contributed by atoms with Gasteiger partial charge in [-0.05, 0) is 98.2 Å². The monoisotopic (exact) mass is 662 g/mol. The third-order valence-corrected chi connectivity index (χ3v) is 11.2. The van der Waals surface area contributed by atoms with E-state index in [-0.39, 0.29) is 20.6 Å². The summed E-state index contributed by atoms with van der Waals surface area (Å²) in [6, 6.07) is 0. The Balaban J connectivity index is 0.000000709. The molecule has 3 nitrogen and oxygen atoms in total. The van der Waals surface area contributed by atoms with Crippen LogP contribution >= 0.6 is 30.4 Å². The maximum atomic E-state index is 7.62. The van der Waals surface area contributed by atoms with E-state index >= 15 is 0 Å². The first-order chi connectivity index (χ1) is 17.7. The number of allylic oxidation sites excluding steroid dienone is 3. The largest absolute Gasteiger partial charge is 0.394 e. The van der Waals surface area contributed by atoms with E-state index in [1.165, 1.54) is 86.3 Å². The molecule has 0 saturated heterocycles. The van der Waals surface area contributed by atoms with Gasteiger partial charge in [-0.25, -0.2) is 0 Å². The van der Waals surface area contributed by atoms with Gasteiger partial charge >= 0.3 is 0 Å². The highest BCUT2D eigenvalue weighted by Gasteiger charge is 2.58. The van der Waals surface area contributed by atoms with Crippen LogP contribution in [0.4, 0.5) is 0 Å². The van der Waals surface area contributed by atoms with Gasteiger partial charge in [0.25, 0.3) is 0 Å². The smallest absolute Gasteiger partial charge is 0.0769 e. The summed E-state index contributed by atoms with van der Waals surface area (Å²) in [5, 5.41) is 15.2. The molecule has 0 bridgehead atoms. The minimum Gasteiger partial charge on any atom is -0.394 e. The molecule has 7 atom stereocenters. The Labute approximate surface area is 252 Å². The minimum absolute atomic E-state index is 0. The summed E-state index contributed by atoms with van der Waals surface area (Å²) in [7, 11) is 1.53. The molecule has 38 heavy (non-hydrogen) atoms. The van der Waals surface area contributed by atoms with Gasteiger partial charge in [0.2, 0.25) is 0 Å². The molecule has 5 heteroatoms. The van der Waals surface area contributed by atoms with Gasteiger partial charge in [-0.1, -0.05) is 91.3 Å². The number of aliphatic hydroxyl groups is 2. The van der Waals surface area contributed by atoms with Crippen molar-refractivity contribution in [1.82, 2.24) is 0 Å². The van der Waals surface area contributed by atoms with Gasteiger partial charge < -0.3 is 14.4 Å². The van der Waals surface area contributed by atoms with Crippen LogP contribution in [0, 0.1) is 40.4 Å². The molecule has 0 heterocycles. The third kappa shape index (κ3) is 9.09. The maximum Gasteiger partial charge on any atom is 0.0769 e. The summed E-state index contributed by atoms with van der Waals surface area (Å²) in [5.41, 5.74) is 2.86. The van der Waals surface area contributed by atoms with Crippen molar-refractivity contribution in [2.75, 3.05) is 13.2 Å². The molecule has 4 aliphatic carbocycles. The van der Waals surface area contributed by atoms with Crippen LogP contribution in [0.5, 0.6) is 0 Å². The average molecular weight is 663 g/mol. The SMILES string of the molecule is C.C=CC=C.CC(C)CCCCC1CCC2C3CC=C4CC(OSI)CCC4(C)C3CCC12C.OCCO. The Morgan fingerprint density at radius 3 is 2.32 bits per heavy atom. The molecule has 0 radical (unpaired) electrons. The van der Waals surface area contributed by atoms with Crippen LogP contribution < -0.4 is 0 Å². The van der Waals surface area contributed by atoms with Crippen molar-refractivity contribution in [1.29, 1.82) is 0 Å². The van der Waals surface area contributed by atoms with Crippen LogP contribution in [0.1, 0.15) is 112 Å². The predicted octanol–water partition coefficient (Wildman–Crippen LogP) is 10.1. The molecule has 0 spiro atoms. The van der Waals surface area contributed by atoms with E-state index in [2.05, 4.69) is 68.1 Å². The summed E-state index contributed by atoms with van der Waals surface area (Å²) in [6.07, 6.45) is 23.4. The van der Waals surface area contributed by atoms with Crippen molar-refractivity contribution in [3.63, 3.8) is 0 Å². The number of hydrogen-bond acceptors (Lipinski definition) is 4. The van der Waals surface area contributed by atoms with Crippen molar-refractivity contribution >= 4 is 30.4 Å². The zero-order valence-electron chi connectivity index (χ0n) is 24.1. The standard InChI is InChI=1S/C26H43IOS.C4H6.C2H6O2.CH4/c1-18(2)7-5-6-8-19-10-12-23-22-11-9-20-17-21(28-29-27)13-15-26(20,4)24(22)14-16-25(19,23)3;1-3-4-2;3-1-2-4;/h9,18-19,21-24H,5-8,10-17H2,1-4H3;2*3-4H,1-2H2;1H4. The normalized spacial score (nSPS) is 35.1. The number of unbranched alkanes of at least 4 members (excludes halogenated alkanes) is 1. The second-order valence-electron chi connectivity index (χ2n) is 12.7. The van der Waals surface area contributed by atoms with Crippen LogP contribution in [0.2, 0.25) is 0 Å². The Bertz CT molecular complexity index is 717. The van der Waals surface area contributed by atoms with Gasteiger partial charge in [-0.3, -0.25) is 0 Å². The lowest BCUT2D eigenvalue weighted by atomic mass is 9.47.